The first-order chi connectivity index (χ1) is 12.3. The van der Waals surface area contributed by atoms with Gasteiger partial charge in [-0.15, -0.1) is 0 Å². The molecule has 0 aliphatic rings. The number of aliphatic imine (C=N–C) groups is 1. The second-order valence-electron chi connectivity index (χ2n) is 5.72. The zero-order valence-electron chi connectivity index (χ0n) is 15.1. The Morgan fingerprint density at radius 3 is 2.64 bits per heavy atom. The molecule has 0 amide bonds. The minimum Gasteiger partial charge on any atom is -0.374 e. The summed E-state index contributed by atoms with van der Waals surface area (Å²) in [5.74, 6) is 0.810. The van der Waals surface area contributed by atoms with Crippen LogP contribution in [0.2, 0.25) is 0 Å². The highest BCUT2D eigenvalue weighted by atomic mass is 16.5. The number of pyridine rings is 1. The van der Waals surface area contributed by atoms with Crippen molar-refractivity contribution in [3.05, 3.63) is 66.0 Å². The van der Waals surface area contributed by atoms with Gasteiger partial charge in [0.15, 0.2) is 5.96 Å². The molecule has 5 heteroatoms. The van der Waals surface area contributed by atoms with E-state index in [1.165, 1.54) is 5.56 Å². The number of benzene rings is 1. The summed E-state index contributed by atoms with van der Waals surface area (Å²) in [6.07, 6.45) is 2.83. The second kappa shape index (κ2) is 11.2. The third kappa shape index (κ3) is 7.35. The molecule has 134 valence electrons. The summed E-state index contributed by atoms with van der Waals surface area (Å²) >= 11 is 0. The molecule has 1 aromatic carbocycles. The number of aromatic nitrogens is 1. The summed E-state index contributed by atoms with van der Waals surface area (Å²) in [5, 5.41) is 6.58. The van der Waals surface area contributed by atoms with Gasteiger partial charge in [-0.3, -0.25) is 4.98 Å². The number of ether oxygens (including phenoxy) is 1. The maximum atomic E-state index is 5.89. The molecule has 0 aliphatic heterocycles. The molecule has 1 heterocycles. The van der Waals surface area contributed by atoms with Crippen LogP contribution in [0.4, 0.5) is 0 Å². The number of hydrogen-bond acceptors (Lipinski definition) is 3. The Balaban J connectivity index is 1.68. The van der Waals surface area contributed by atoms with Crippen molar-refractivity contribution < 1.29 is 4.74 Å². The molecule has 2 N–H and O–H groups in total. The minimum absolute atomic E-state index is 0.118. The molecule has 0 radical (unpaired) electrons. The molecule has 2 rings (SSSR count). The first kappa shape index (κ1) is 18.9. The second-order valence-corrected chi connectivity index (χ2v) is 5.72. The fraction of sp³-hybridized carbons (Fsp3) is 0.400. The summed E-state index contributed by atoms with van der Waals surface area (Å²) in [6.45, 7) is 7.06. The van der Waals surface area contributed by atoms with Gasteiger partial charge in [0.1, 0.15) is 0 Å². The molecule has 0 spiro atoms. The molecular formula is C20H28N4O. The lowest BCUT2D eigenvalue weighted by molar-refractivity contribution is 0.0646. The Hall–Kier alpha value is -2.40. The Bertz CT molecular complexity index is 616. The summed E-state index contributed by atoms with van der Waals surface area (Å²) < 4.78 is 5.89. The predicted molar refractivity (Wildman–Crippen MR) is 102 cm³/mol. The zero-order valence-corrected chi connectivity index (χ0v) is 15.1. The van der Waals surface area contributed by atoms with E-state index in [2.05, 4.69) is 46.6 Å². The van der Waals surface area contributed by atoms with E-state index in [1.54, 1.807) is 6.20 Å². The van der Waals surface area contributed by atoms with Crippen molar-refractivity contribution in [3.63, 3.8) is 0 Å². The van der Waals surface area contributed by atoms with E-state index < -0.39 is 0 Å². The van der Waals surface area contributed by atoms with Gasteiger partial charge in [-0.05, 0) is 38.0 Å². The van der Waals surface area contributed by atoms with Crippen molar-refractivity contribution in [2.24, 2.45) is 4.99 Å². The number of rotatable bonds is 9. The van der Waals surface area contributed by atoms with Crippen LogP contribution in [0.25, 0.3) is 0 Å². The van der Waals surface area contributed by atoms with Crippen molar-refractivity contribution in [2.45, 2.75) is 32.9 Å². The minimum atomic E-state index is 0.118. The topological polar surface area (TPSA) is 58.5 Å². The van der Waals surface area contributed by atoms with Gasteiger partial charge >= 0.3 is 0 Å². The van der Waals surface area contributed by atoms with E-state index in [0.717, 1.165) is 31.2 Å². The third-order valence-corrected chi connectivity index (χ3v) is 3.72. The number of nitrogens with one attached hydrogen (secondary N) is 2. The van der Waals surface area contributed by atoms with E-state index in [1.807, 2.05) is 36.4 Å². The Labute approximate surface area is 150 Å². The average Bonchev–Trinajstić information content (AvgIpc) is 2.67. The van der Waals surface area contributed by atoms with E-state index in [-0.39, 0.29) is 6.10 Å². The highest BCUT2D eigenvalue weighted by molar-refractivity contribution is 5.79. The van der Waals surface area contributed by atoms with Crippen LogP contribution in [0.1, 0.15) is 37.6 Å². The van der Waals surface area contributed by atoms with Gasteiger partial charge in [0, 0.05) is 25.9 Å². The molecule has 5 nitrogen and oxygen atoms in total. The van der Waals surface area contributed by atoms with Crippen LogP contribution in [0, 0.1) is 0 Å². The molecule has 0 saturated carbocycles. The quantitative estimate of drug-likeness (QED) is 0.418. The van der Waals surface area contributed by atoms with Gasteiger partial charge in [0.2, 0.25) is 0 Å². The van der Waals surface area contributed by atoms with Crippen LogP contribution in [0.5, 0.6) is 0 Å². The van der Waals surface area contributed by atoms with Crippen LogP contribution in [0.3, 0.4) is 0 Å². The van der Waals surface area contributed by atoms with Gasteiger partial charge < -0.3 is 15.4 Å². The molecule has 1 aromatic heterocycles. The molecular weight excluding hydrogens is 312 g/mol. The Morgan fingerprint density at radius 1 is 1.12 bits per heavy atom. The molecule has 2 aromatic rings. The molecule has 1 atom stereocenters. The summed E-state index contributed by atoms with van der Waals surface area (Å²) in [6, 6.07) is 16.1. The Kier molecular flexibility index (Phi) is 8.49. The lowest BCUT2D eigenvalue weighted by Gasteiger charge is -2.14. The van der Waals surface area contributed by atoms with Crippen LogP contribution in [-0.4, -0.2) is 30.6 Å². The molecule has 1 unspecified atom stereocenters. The molecule has 25 heavy (non-hydrogen) atoms. The first-order valence-electron chi connectivity index (χ1n) is 8.88. The average molecular weight is 340 g/mol. The molecule has 0 aliphatic carbocycles. The zero-order chi connectivity index (χ0) is 17.7. The van der Waals surface area contributed by atoms with E-state index >= 15 is 0 Å². The lowest BCUT2D eigenvalue weighted by Crippen LogP contribution is -2.38. The van der Waals surface area contributed by atoms with Crippen LogP contribution >= 0.6 is 0 Å². The highest BCUT2D eigenvalue weighted by Crippen LogP contribution is 2.15. The van der Waals surface area contributed by atoms with Crippen molar-refractivity contribution in [1.29, 1.82) is 0 Å². The molecule has 0 saturated heterocycles. The normalized spacial score (nSPS) is 12.6. The fourth-order valence-electron chi connectivity index (χ4n) is 2.35. The van der Waals surface area contributed by atoms with Gasteiger partial charge in [0.25, 0.3) is 0 Å². The number of guanidine groups is 1. The number of hydrogen-bond donors (Lipinski definition) is 2. The summed E-state index contributed by atoms with van der Waals surface area (Å²) in [5.41, 5.74) is 2.17. The maximum absolute atomic E-state index is 5.89. The predicted octanol–water partition coefficient (Wildman–Crippen LogP) is 3.30. The van der Waals surface area contributed by atoms with E-state index in [4.69, 9.17) is 4.74 Å². The smallest absolute Gasteiger partial charge is 0.191 e. The summed E-state index contributed by atoms with van der Waals surface area (Å²) in [7, 11) is 0. The van der Waals surface area contributed by atoms with Gasteiger partial charge in [-0.2, -0.15) is 0 Å². The highest BCUT2D eigenvalue weighted by Gasteiger charge is 2.04. The summed E-state index contributed by atoms with van der Waals surface area (Å²) in [4.78, 5) is 8.84. The lowest BCUT2D eigenvalue weighted by atomic mass is 10.1. The van der Waals surface area contributed by atoms with Gasteiger partial charge in [-0.25, -0.2) is 4.99 Å². The number of nitrogens with zero attached hydrogens (tertiary/aromatic N) is 2. The van der Waals surface area contributed by atoms with Crippen molar-refractivity contribution in [2.75, 3.05) is 19.7 Å². The molecule has 0 fully saturated rings. The van der Waals surface area contributed by atoms with Crippen LogP contribution in [-0.2, 0) is 11.3 Å². The van der Waals surface area contributed by atoms with Crippen molar-refractivity contribution in [3.8, 4) is 0 Å². The van der Waals surface area contributed by atoms with E-state index in [9.17, 15) is 0 Å². The largest absolute Gasteiger partial charge is 0.374 e. The van der Waals surface area contributed by atoms with Crippen molar-refractivity contribution in [1.82, 2.24) is 15.6 Å². The monoisotopic (exact) mass is 340 g/mol. The SMILES string of the molecule is CCNC(=NCc1ccccn1)NCCCOC(C)c1ccccc1. The Morgan fingerprint density at radius 2 is 1.92 bits per heavy atom. The van der Waals surface area contributed by atoms with Gasteiger partial charge in [0.05, 0.1) is 18.3 Å². The first-order valence-corrected chi connectivity index (χ1v) is 8.88. The van der Waals surface area contributed by atoms with Crippen LogP contribution in [0.15, 0.2) is 59.7 Å². The van der Waals surface area contributed by atoms with Gasteiger partial charge in [-0.1, -0.05) is 36.4 Å². The fourth-order valence-corrected chi connectivity index (χ4v) is 2.35. The van der Waals surface area contributed by atoms with Crippen molar-refractivity contribution >= 4 is 5.96 Å². The molecule has 0 bridgehead atoms. The third-order valence-electron chi connectivity index (χ3n) is 3.72. The van der Waals surface area contributed by atoms with E-state index in [0.29, 0.717) is 13.2 Å². The standard InChI is InChI=1S/C20H28N4O/c1-3-21-20(24-16-19-12-7-8-13-22-19)23-14-9-15-25-17(2)18-10-5-4-6-11-18/h4-8,10-13,17H,3,9,14-16H2,1-2H3,(H2,21,23,24). The maximum Gasteiger partial charge on any atom is 0.191 e. The van der Waals surface area contributed by atoms with Crippen LogP contribution < -0.4 is 10.6 Å².